The second-order valence-corrected chi connectivity index (χ2v) is 6.75. The number of ether oxygens (including phenoxy) is 1. The number of aromatic nitrogens is 1. The smallest absolute Gasteiger partial charge is 0.224 e. The molecular formula is C21H25N3O3. The number of nitrogens with zero attached hydrogens (tertiary/aromatic N) is 2. The van der Waals surface area contributed by atoms with Crippen LogP contribution in [0, 0.1) is 5.92 Å². The molecular weight excluding hydrogens is 342 g/mol. The molecule has 2 amide bonds. The summed E-state index contributed by atoms with van der Waals surface area (Å²) in [5.41, 5.74) is 1.74. The van der Waals surface area contributed by atoms with Crippen LogP contribution in [0.4, 0.5) is 0 Å². The third-order valence-corrected chi connectivity index (χ3v) is 5.03. The molecule has 2 aromatic rings. The van der Waals surface area contributed by atoms with Crippen LogP contribution in [0.5, 0.6) is 5.75 Å². The molecule has 0 spiro atoms. The number of carbonyl (C=O) groups is 2. The highest BCUT2D eigenvalue weighted by Crippen LogP contribution is 2.25. The van der Waals surface area contributed by atoms with Crippen LogP contribution in [0.25, 0.3) is 0 Å². The highest BCUT2D eigenvalue weighted by molar-refractivity contribution is 5.80. The second kappa shape index (κ2) is 8.66. The number of rotatable bonds is 5. The molecule has 0 saturated carbocycles. The lowest BCUT2D eigenvalue weighted by molar-refractivity contribution is -0.134. The van der Waals surface area contributed by atoms with Gasteiger partial charge in [0.1, 0.15) is 5.75 Å². The largest absolute Gasteiger partial charge is 0.497 e. The van der Waals surface area contributed by atoms with Gasteiger partial charge in [-0.05, 0) is 42.7 Å². The maximum atomic E-state index is 12.9. The Morgan fingerprint density at radius 2 is 1.85 bits per heavy atom. The number of carbonyl (C=O) groups excluding carboxylic acids is 2. The van der Waals surface area contributed by atoms with Crippen LogP contribution in [-0.2, 0) is 9.59 Å². The molecule has 0 aliphatic carbocycles. The number of pyridine rings is 1. The van der Waals surface area contributed by atoms with Crippen molar-refractivity contribution in [2.24, 2.45) is 5.92 Å². The molecule has 0 bridgehead atoms. The van der Waals surface area contributed by atoms with E-state index in [1.165, 1.54) is 0 Å². The maximum absolute atomic E-state index is 12.9. The van der Waals surface area contributed by atoms with E-state index in [2.05, 4.69) is 10.3 Å². The highest BCUT2D eigenvalue weighted by atomic mass is 16.5. The SMILES string of the molecule is COc1ccc(C(NC(=O)C2CCN(C(C)=O)CC2)c2ccccn2)cc1. The lowest BCUT2D eigenvalue weighted by Gasteiger charge is -2.31. The Morgan fingerprint density at radius 3 is 2.41 bits per heavy atom. The van der Waals surface area contributed by atoms with E-state index in [1.54, 1.807) is 25.1 Å². The van der Waals surface area contributed by atoms with Gasteiger partial charge in [0.25, 0.3) is 0 Å². The minimum absolute atomic E-state index is 0.00433. The van der Waals surface area contributed by atoms with Crippen molar-refractivity contribution in [3.63, 3.8) is 0 Å². The number of piperidine rings is 1. The van der Waals surface area contributed by atoms with Gasteiger partial charge in [-0.3, -0.25) is 14.6 Å². The van der Waals surface area contributed by atoms with E-state index in [0.29, 0.717) is 25.9 Å². The maximum Gasteiger partial charge on any atom is 0.224 e. The Labute approximate surface area is 159 Å². The molecule has 142 valence electrons. The standard InChI is InChI=1S/C21H25N3O3/c1-15(25)24-13-10-17(11-14-24)21(26)23-20(19-5-3-4-12-22-19)16-6-8-18(27-2)9-7-16/h3-9,12,17,20H,10-11,13-14H2,1-2H3,(H,23,26). The van der Waals surface area contributed by atoms with E-state index in [-0.39, 0.29) is 23.8 Å². The van der Waals surface area contributed by atoms with Gasteiger partial charge in [-0.15, -0.1) is 0 Å². The molecule has 1 saturated heterocycles. The summed E-state index contributed by atoms with van der Waals surface area (Å²) < 4.78 is 5.23. The van der Waals surface area contributed by atoms with Gasteiger partial charge in [0.15, 0.2) is 0 Å². The molecule has 0 radical (unpaired) electrons. The summed E-state index contributed by atoms with van der Waals surface area (Å²) in [4.78, 5) is 30.6. The van der Waals surface area contributed by atoms with Crippen molar-refractivity contribution >= 4 is 11.8 Å². The Balaban J connectivity index is 1.75. The van der Waals surface area contributed by atoms with Crippen LogP contribution < -0.4 is 10.1 Å². The minimum atomic E-state index is -0.324. The molecule has 1 aliphatic heterocycles. The van der Waals surface area contributed by atoms with Crippen molar-refractivity contribution in [1.82, 2.24) is 15.2 Å². The zero-order valence-electron chi connectivity index (χ0n) is 15.7. The predicted molar refractivity (Wildman–Crippen MR) is 102 cm³/mol. The van der Waals surface area contributed by atoms with E-state index in [0.717, 1.165) is 17.0 Å². The first-order valence-corrected chi connectivity index (χ1v) is 9.19. The summed E-state index contributed by atoms with van der Waals surface area (Å²) in [5.74, 6) is 0.745. The molecule has 1 aromatic carbocycles. The molecule has 1 aromatic heterocycles. The van der Waals surface area contributed by atoms with Gasteiger partial charge in [0, 0.05) is 32.1 Å². The van der Waals surface area contributed by atoms with Crippen LogP contribution >= 0.6 is 0 Å². The number of nitrogens with one attached hydrogen (secondary N) is 1. The van der Waals surface area contributed by atoms with Gasteiger partial charge in [-0.2, -0.15) is 0 Å². The van der Waals surface area contributed by atoms with Crippen molar-refractivity contribution in [3.05, 3.63) is 59.9 Å². The normalized spacial score (nSPS) is 15.9. The molecule has 1 unspecified atom stereocenters. The Kier molecular flexibility index (Phi) is 6.06. The minimum Gasteiger partial charge on any atom is -0.497 e. The number of amides is 2. The van der Waals surface area contributed by atoms with Gasteiger partial charge >= 0.3 is 0 Å². The second-order valence-electron chi connectivity index (χ2n) is 6.75. The van der Waals surface area contributed by atoms with E-state index >= 15 is 0 Å². The summed E-state index contributed by atoms with van der Waals surface area (Å²) in [5, 5.41) is 3.16. The number of likely N-dealkylation sites (tertiary alicyclic amines) is 1. The molecule has 6 nitrogen and oxygen atoms in total. The fraction of sp³-hybridized carbons (Fsp3) is 0.381. The van der Waals surface area contributed by atoms with Crippen LogP contribution in [0.3, 0.4) is 0 Å². The summed E-state index contributed by atoms with van der Waals surface area (Å²) in [6.07, 6.45) is 3.09. The van der Waals surface area contributed by atoms with Gasteiger partial charge in [0.2, 0.25) is 11.8 Å². The molecule has 2 heterocycles. The average Bonchev–Trinajstić information content (AvgIpc) is 2.72. The number of methoxy groups -OCH3 is 1. The fourth-order valence-electron chi connectivity index (χ4n) is 3.39. The van der Waals surface area contributed by atoms with Crippen molar-refractivity contribution in [3.8, 4) is 5.75 Å². The quantitative estimate of drug-likeness (QED) is 0.882. The van der Waals surface area contributed by atoms with Gasteiger partial charge < -0.3 is 15.0 Å². The lowest BCUT2D eigenvalue weighted by Crippen LogP contribution is -2.43. The third kappa shape index (κ3) is 4.64. The molecule has 1 fully saturated rings. The predicted octanol–water partition coefficient (Wildman–Crippen LogP) is 2.55. The number of hydrogen-bond donors (Lipinski definition) is 1. The van der Waals surface area contributed by atoms with Crippen LogP contribution in [-0.4, -0.2) is 41.9 Å². The monoisotopic (exact) mass is 367 g/mol. The molecule has 3 rings (SSSR count). The van der Waals surface area contributed by atoms with Gasteiger partial charge in [-0.25, -0.2) is 0 Å². The van der Waals surface area contributed by atoms with Crippen LogP contribution in [0.2, 0.25) is 0 Å². The molecule has 6 heteroatoms. The molecule has 1 aliphatic rings. The average molecular weight is 367 g/mol. The topological polar surface area (TPSA) is 71.5 Å². The van der Waals surface area contributed by atoms with Crippen LogP contribution in [0.1, 0.15) is 37.1 Å². The third-order valence-electron chi connectivity index (χ3n) is 5.03. The van der Waals surface area contributed by atoms with E-state index in [1.807, 2.05) is 42.5 Å². The first-order chi connectivity index (χ1) is 13.1. The Hall–Kier alpha value is -2.89. The zero-order valence-corrected chi connectivity index (χ0v) is 15.7. The van der Waals surface area contributed by atoms with Crippen molar-refractivity contribution < 1.29 is 14.3 Å². The summed E-state index contributed by atoms with van der Waals surface area (Å²) in [6, 6.07) is 13.0. The summed E-state index contributed by atoms with van der Waals surface area (Å²) in [7, 11) is 1.63. The molecule has 1 atom stereocenters. The van der Waals surface area contributed by atoms with Crippen molar-refractivity contribution in [2.75, 3.05) is 20.2 Å². The van der Waals surface area contributed by atoms with E-state index in [4.69, 9.17) is 4.74 Å². The first-order valence-electron chi connectivity index (χ1n) is 9.19. The van der Waals surface area contributed by atoms with Crippen molar-refractivity contribution in [1.29, 1.82) is 0 Å². The van der Waals surface area contributed by atoms with E-state index in [9.17, 15) is 9.59 Å². The van der Waals surface area contributed by atoms with E-state index < -0.39 is 0 Å². The zero-order chi connectivity index (χ0) is 19.2. The Bertz CT molecular complexity index is 769. The van der Waals surface area contributed by atoms with Gasteiger partial charge in [0.05, 0.1) is 18.8 Å². The Morgan fingerprint density at radius 1 is 1.15 bits per heavy atom. The fourth-order valence-corrected chi connectivity index (χ4v) is 3.39. The molecule has 1 N–H and O–H groups in total. The van der Waals surface area contributed by atoms with Gasteiger partial charge in [-0.1, -0.05) is 18.2 Å². The van der Waals surface area contributed by atoms with Crippen molar-refractivity contribution in [2.45, 2.75) is 25.8 Å². The number of benzene rings is 1. The number of hydrogen-bond acceptors (Lipinski definition) is 4. The van der Waals surface area contributed by atoms with Crippen LogP contribution in [0.15, 0.2) is 48.7 Å². The highest BCUT2D eigenvalue weighted by Gasteiger charge is 2.28. The molecule has 27 heavy (non-hydrogen) atoms. The summed E-state index contributed by atoms with van der Waals surface area (Å²) >= 11 is 0. The summed E-state index contributed by atoms with van der Waals surface area (Å²) in [6.45, 7) is 2.83. The lowest BCUT2D eigenvalue weighted by atomic mass is 9.94. The first kappa shape index (κ1) is 18.9.